The number of carbonyl (C=O) groups excluding carboxylic acids is 1. The summed E-state index contributed by atoms with van der Waals surface area (Å²) in [6, 6.07) is 18.4. The minimum atomic E-state index is -0.970. The molecule has 0 bridgehead atoms. The Balaban J connectivity index is 1.68. The maximum Gasteiger partial charge on any atom is 0.337 e. The molecule has 0 fully saturated rings. The number of aromatic carboxylic acids is 1. The number of carboxylic acid groups (broad SMARTS) is 1. The van der Waals surface area contributed by atoms with Crippen molar-refractivity contribution in [2.75, 3.05) is 26.1 Å². The van der Waals surface area contributed by atoms with E-state index in [0.717, 1.165) is 46.5 Å². The van der Waals surface area contributed by atoms with E-state index in [-0.39, 0.29) is 11.7 Å². The molecule has 196 valence electrons. The second kappa shape index (κ2) is 10.2. The van der Waals surface area contributed by atoms with Crippen molar-refractivity contribution in [2.45, 2.75) is 37.7 Å². The van der Waals surface area contributed by atoms with Gasteiger partial charge in [0.15, 0.2) is 0 Å². The third-order valence-electron chi connectivity index (χ3n) is 7.63. The van der Waals surface area contributed by atoms with E-state index in [9.17, 15) is 14.7 Å². The molecule has 1 aliphatic heterocycles. The molecule has 2 atom stereocenters. The fourth-order valence-electron chi connectivity index (χ4n) is 5.91. The second-order valence-electron chi connectivity index (χ2n) is 9.57. The number of fused-ring (bicyclic) bond motifs is 2. The molecule has 38 heavy (non-hydrogen) atoms. The van der Waals surface area contributed by atoms with Gasteiger partial charge in [-0.2, -0.15) is 0 Å². The zero-order chi connectivity index (χ0) is 26.9. The Morgan fingerprint density at radius 3 is 2.61 bits per heavy atom. The Morgan fingerprint density at radius 1 is 1.05 bits per heavy atom. The molecule has 1 aliphatic carbocycles. The van der Waals surface area contributed by atoms with Crippen LogP contribution < -0.4 is 14.8 Å². The fourth-order valence-corrected chi connectivity index (χ4v) is 5.91. The number of allylic oxidation sites excluding steroid dienone is 1. The monoisotopic (exact) mass is 513 g/mol. The summed E-state index contributed by atoms with van der Waals surface area (Å²) in [5, 5.41) is 13.1. The molecule has 3 aromatic rings. The number of hydrogen-bond donors (Lipinski definition) is 2. The lowest BCUT2D eigenvalue weighted by Crippen LogP contribution is -2.46. The van der Waals surface area contributed by atoms with Crippen molar-refractivity contribution >= 4 is 23.2 Å². The molecule has 0 radical (unpaired) electrons. The van der Waals surface area contributed by atoms with Crippen molar-refractivity contribution in [3.8, 4) is 11.5 Å². The van der Waals surface area contributed by atoms with Crippen molar-refractivity contribution in [3.63, 3.8) is 0 Å². The largest absolute Gasteiger partial charge is 0.496 e. The van der Waals surface area contributed by atoms with Crippen LogP contribution in [0.15, 0.2) is 66.7 Å². The number of ether oxygens (including phenoxy) is 3. The summed E-state index contributed by atoms with van der Waals surface area (Å²) < 4.78 is 17.3. The third-order valence-corrected chi connectivity index (χ3v) is 7.63. The van der Waals surface area contributed by atoms with Crippen molar-refractivity contribution < 1.29 is 28.9 Å². The van der Waals surface area contributed by atoms with Gasteiger partial charge in [-0.15, -0.1) is 0 Å². The van der Waals surface area contributed by atoms with Crippen LogP contribution in [0.2, 0.25) is 0 Å². The van der Waals surface area contributed by atoms with Gasteiger partial charge in [-0.1, -0.05) is 37.3 Å². The van der Waals surface area contributed by atoms with Gasteiger partial charge in [-0.25, -0.2) is 9.59 Å². The Labute approximate surface area is 222 Å². The first-order valence-corrected chi connectivity index (χ1v) is 12.8. The number of nitrogens with one attached hydrogen (secondary N) is 1. The van der Waals surface area contributed by atoms with Gasteiger partial charge in [-0.3, -0.25) is 0 Å². The Hall–Kier alpha value is -4.26. The lowest BCUT2D eigenvalue weighted by Gasteiger charge is -2.41. The molecule has 5 rings (SSSR count). The highest BCUT2D eigenvalue weighted by Gasteiger charge is 2.50. The minimum Gasteiger partial charge on any atom is -0.496 e. The first-order valence-electron chi connectivity index (χ1n) is 12.8. The minimum absolute atomic E-state index is 0.228. The average molecular weight is 514 g/mol. The number of methoxy groups -OCH3 is 2. The molecule has 7 heteroatoms. The highest BCUT2D eigenvalue weighted by Crippen LogP contribution is 2.52. The van der Waals surface area contributed by atoms with Crippen LogP contribution in [0.4, 0.5) is 5.69 Å². The fraction of sp³-hybridized carbons (Fsp3) is 0.290. The van der Waals surface area contributed by atoms with Crippen LogP contribution in [0.3, 0.4) is 0 Å². The van der Waals surface area contributed by atoms with E-state index in [2.05, 4.69) is 24.4 Å². The summed E-state index contributed by atoms with van der Waals surface area (Å²) in [5.74, 6) is 0.0256. The molecule has 0 amide bonds. The molecule has 0 saturated heterocycles. The van der Waals surface area contributed by atoms with Gasteiger partial charge in [0.1, 0.15) is 17.6 Å². The third kappa shape index (κ3) is 4.18. The highest BCUT2D eigenvalue weighted by molar-refractivity contribution is 5.92. The zero-order valence-electron chi connectivity index (χ0n) is 21.7. The number of hydrogen-bond acceptors (Lipinski definition) is 6. The molecule has 7 nitrogen and oxygen atoms in total. The number of carboxylic acids is 1. The van der Waals surface area contributed by atoms with Crippen LogP contribution >= 0.6 is 0 Å². The molecule has 2 unspecified atom stereocenters. The molecular weight excluding hydrogens is 482 g/mol. The molecule has 0 saturated carbocycles. The predicted octanol–water partition coefficient (Wildman–Crippen LogP) is 5.73. The number of benzene rings is 3. The number of carbonyl (C=O) groups is 2. The van der Waals surface area contributed by atoms with E-state index < -0.39 is 17.4 Å². The number of esters is 1. The molecule has 2 N–H and O–H groups in total. The molecule has 2 aliphatic rings. The maximum absolute atomic E-state index is 12.2. The smallest absolute Gasteiger partial charge is 0.337 e. The van der Waals surface area contributed by atoms with E-state index in [0.29, 0.717) is 24.3 Å². The van der Waals surface area contributed by atoms with Crippen molar-refractivity contribution in [3.05, 3.63) is 94.6 Å². The Bertz CT molecular complexity index is 1430. The maximum atomic E-state index is 12.2. The molecular formula is C31H31NO6. The summed E-state index contributed by atoms with van der Waals surface area (Å²) in [6.07, 6.45) is 4.34. The molecule has 0 aromatic heterocycles. The predicted molar refractivity (Wildman–Crippen MR) is 145 cm³/mol. The molecule has 3 aromatic carbocycles. The lowest BCUT2D eigenvalue weighted by molar-refractivity contribution is 0.0598. The SMILES string of the molecule is CCC(Oc1cccc(C(=O)OC)c1)C1(C2=CCCc3c(OC)cccc32)CNc2cc(C(=O)O)ccc21. The summed E-state index contributed by atoms with van der Waals surface area (Å²) in [5.41, 5.74) is 5.19. The van der Waals surface area contributed by atoms with E-state index in [4.69, 9.17) is 14.2 Å². The molecule has 0 spiro atoms. The Kier molecular flexibility index (Phi) is 6.85. The van der Waals surface area contributed by atoms with Crippen LogP contribution in [0, 0.1) is 0 Å². The van der Waals surface area contributed by atoms with Gasteiger partial charge in [0, 0.05) is 17.8 Å². The standard InChI is InChI=1S/C31H31NO6/c1-4-28(38-21-9-5-8-20(16-21)30(35)37-3)31(18-32-26-17-19(29(33)34)14-15-25(26)31)24-12-6-11-23-22(24)10-7-13-27(23)36-2/h5,7-10,12-17,28,32H,4,6,11,18H2,1-3H3,(H,33,34). The quantitative estimate of drug-likeness (QED) is 0.372. The van der Waals surface area contributed by atoms with Crippen LogP contribution in [0.5, 0.6) is 11.5 Å². The van der Waals surface area contributed by atoms with Crippen molar-refractivity contribution in [1.82, 2.24) is 0 Å². The van der Waals surface area contributed by atoms with Gasteiger partial charge in [-0.05, 0) is 72.4 Å². The van der Waals surface area contributed by atoms with Gasteiger partial charge < -0.3 is 24.6 Å². The first kappa shape index (κ1) is 25.4. The van der Waals surface area contributed by atoms with E-state index in [1.54, 1.807) is 37.4 Å². The van der Waals surface area contributed by atoms with Crippen LogP contribution in [-0.2, 0) is 16.6 Å². The normalized spacial score (nSPS) is 18.3. The van der Waals surface area contributed by atoms with E-state index in [1.165, 1.54) is 7.11 Å². The van der Waals surface area contributed by atoms with Gasteiger partial charge in [0.05, 0.1) is 30.8 Å². The zero-order valence-corrected chi connectivity index (χ0v) is 21.7. The van der Waals surface area contributed by atoms with Crippen molar-refractivity contribution in [2.24, 2.45) is 0 Å². The molecule has 1 heterocycles. The number of anilines is 1. The van der Waals surface area contributed by atoms with Crippen molar-refractivity contribution in [1.29, 1.82) is 0 Å². The summed E-state index contributed by atoms with van der Waals surface area (Å²) >= 11 is 0. The highest BCUT2D eigenvalue weighted by atomic mass is 16.5. The number of rotatable bonds is 8. The first-order chi connectivity index (χ1) is 18.4. The van der Waals surface area contributed by atoms with Crippen LogP contribution in [0.25, 0.3) is 5.57 Å². The van der Waals surface area contributed by atoms with E-state index in [1.807, 2.05) is 24.3 Å². The van der Waals surface area contributed by atoms with E-state index >= 15 is 0 Å². The van der Waals surface area contributed by atoms with Crippen LogP contribution in [0.1, 0.15) is 57.2 Å². The summed E-state index contributed by atoms with van der Waals surface area (Å²) in [7, 11) is 3.04. The van der Waals surface area contributed by atoms with Gasteiger partial charge in [0.2, 0.25) is 0 Å². The second-order valence-corrected chi connectivity index (χ2v) is 9.57. The lowest BCUT2D eigenvalue weighted by atomic mass is 9.65. The Morgan fingerprint density at radius 2 is 1.87 bits per heavy atom. The summed E-state index contributed by atoms with van der Waals surface area (Å²) in [6.45, 7) is 2.61. The van der Waals surface area contributed by atoms with Gasteiger partial charge in [0.25, 0.3) is 0 Å². The average Bonchev–Trinajstić information content (AvgIpc) is 3.34. The van der Waals surface area contributed by atoms with Gasteiger partial charge >= 0.3 is 11.9 Å². The summed E-state index contributed by atoms with van der Waals surface area (Å²) in [4.78, 5) is 23.9. The topological polar surface area (TPSA) is 94.1 Å². The van der Waals surface area contributed by atoms with Crippen LogP contribution in [-0.4, -0.2) is 43.9 Å².